The number of fused-ring (bicyclic) bond motifs is 2. The van der Waals surface area contributed by atoms with Gasteiger partial charge in [-0.1, -0.05) is 19.1 Å². The van der Waals surface area contributed by atoms with Gasteiger partial charge in [0.25, 0.3) is 0 Å². The number of hydrogen-bond acceptors (Lipinski definition) is 10. The van der Waals surface area contributed by atoms with Gasteiger partial charge >= 0.3 is 17.9 Å². The average molecular weight is 497 g/mol. The minimum absolute atomic E-state index is 0.000518. The summed E-state index contributed by atoms with van der Waals surface area (Å²) in [4.78, 5) is 35.3. The molecule has 2 aliphatic carbocycles. The van der Waals surface area contributed by atoms with Crippen molar-refractivity contribution in [3.8, 4) is 0 Å². The second kappa shape index (κ2) is 9.80. The third kappa shape index (κ3) is 4.98. The fourth-order valence-corrected chi connectivity index (χ4v) is 6.32. The fourth-order valence-electron chi connectivity index (χ4n) is 6.32. The molecule has 196 valence electrons. The van der Waals surface area contributed by atoms with E-state index >= 15 is 0 Å². The molecule has 0 unspecified atom stereocenters. The van der Waals surface area contributed by atoms with E-state index in [2.05, 4.69) is 6.58 Å². The molecule has 0 amide bonds. The molecule has 0 aromatic heterocycles. The van der Waals surface area contributed by atoms with E-state index in [1.807, 2.05) is 13.8 Å². The molecule has 4 rings (SSSR count). The Morgan fingerprint density at radius 2 is 1.91 bits per heavy atom. The topological polar surface area (TPSA) is 138 Å². The first-order chi connectivity index (χ1) is 16.4. The van der Waals surface area contributed by atoms with Gasteiger partial charge in [-0.2, -0.15) is 0 Å². The molecule has 2 aliphatic heterocycles. The Hall–Kier alpha value is -2.01. The summed E-state index contributed by atoms with van der Waals surface area (Å²) in [7, 11) is 0. The molecule has 2 heterocycles. The van der Waals surface area contributed by atoms with Crippen molar-refractivity contribution < 1.29 is 48.3 Å². The zero-order valence-electron chi connectivity index (χ0n) is 20.7. The maximum Gasteiger partial charge on any atom is 0.309 e. The molecule has 0 aromatic carbocycles. The Bertz CT molecular complexity index is 870. The highest BCUT2D eigenvalue weighted by atomic mass is 16.7. The largest absolute Gasteiger partial charge is 0.463 e. The van der Waals surface area contributed by atoms with Crippen LogP contribution in [0.15, 0.2) is 12.2 Å². The van der Waals surface area contributed by atoms with Gasteiger partial charge in [0.05, 0.1) is 11.5 Å². The van der Waals surface area contributed by atoms with Gasteiger partial charge in [-0.3, -0.25) is 14.4 Å². The highest BCUT2D eigenvalue weighted by molar-refractivity contribution is 5.75. The van der Waals surface area contributed by atoms with Crippen LogP contribution in [0.5, 0.6) is 0 Å². The minimum Gasteiger partial charge on any atom is -0.463 e. The molecule has 4 fully saturated rings. The van der Waals surface area contributed by atoms with Crippen molar-refractivity contribution in [3.63, 3.8) is 0 Å². The van der Waals surface area contributed by atoms with Crippen LogP contribution >= 0.6 is 0 Å². The van der Waals surface area contributed by atoms with Gasteiger partial charge in [0.15, 0.2) is 12.4 Å². The van der Waals surface area contributed by atoms with E-state index in [-0.39, 0.29) is 42.4 Å². The smallest absolute Gasteiger partial charge is 0.309 e. The molecule has 0 aromatic rings. The first-order valence-corrected chi connectivity index (χ1v) is 12.3. The molecule has 2 saturated heterocycles. The van der Waals surface area contributed by atoms with Crippen LogP contribution in [0.2, 0.25) is 0 Å². The fraction of sp³-hybridized carbons (Fsp3) is 0.800. The van der Waals surface area contributed by atoms with Crippen LogP contribution in [-0.4, -0.2) is 77.1 Å². The molecule has 0 radical (unpaired) electrons. The normalized spacial score (nSPS) is 45.2. The molecule has 2 N–H and O–H groups in total. The van der Waals surface area contributed by atoms with Crippen molar-refractivity contribution in [3.05, 3.63) is 12.2 Å². The highest BCUT2D eigenvalue weighted by Gasteiger charge is 2.57. The van der Waals surface area contributed by atoms with Crippen molar-refractivity contribution in [1.29, 1.82) is 0 Å². The number of hydrogen-bond donors (Lipinski definition) is 2. The molecule has 0 spiro atoms. The Morgan fingerprint density at radius 3 is 2.57 bits per heavy atom. The maximum atomic E-state index is 12.2. The first kappa shape index (κ1) is 26.1. The molecule has 4 aliphatic rings. The Morgan fingerprint density at radius 1 is 1.20 bits per heavy atom. The zero-order valence-corrected chi connectivity index (χ0v) is 20.7. The second-order valence-corrected chi connectivity index (χ2v) is 10.6. The SMILES string of the molecule is C=C1C[C@H]2OC(=O)[C@@H](C)[C@H]2C[C@@H]2[C@@H]1CC[C@@]2(C)O[C@@H]1O[C@H](COC(C)=O)[C@@H](O)[C@H](O)[C@H]1OC(C)=O. The van der Waals surface area contributed by atoms with Crippen molar-refractivity contribution in [2.24, 2.45) is 23.7 Å². The van der Waals surface area contributed by atoms with Crippen LogP contribution in [0, 0.1) is 23.7 Å². The van der Waals surface area contributed by atoms with Gasteiger partial charge in [-0.25, -0.2) is 0 Å². The summed E-state index contributed by atoms with van der Waals surface area (Å²) < 4.78 is 28.4. The maximum absolute atomic E-state index is 12.2. The molecule has 11 atom stereocenters. The Labute approximate surface area is 204 Å². The number of carbonyl (C=O) groups excluding carboxylic acids is 3. The van der Waals surface area contributed by atoms with E-state index in [0.29, 0.717) is 19.3 Å². The van der Waals surface area contributed by atoms with E-state index in [4.69, 9.17) is 23.7 Å². The Kier molecular flexibility index (Phi) is 7.30. The lowest BCUT2D eigenvalue weighted by Crippen LogP contribution is -2.62. The summed E-state index contributed by atoms with van der Waals surface area (Å²) in [6, 6.07) is 0. The number of rotatable bonds is 5. The third-order valence-electron chi connectivity index (χ3n) is 8.28. The van der Waals surface area contributed by atoms with Gasteiger partial charge in [-0.05, 0) is 38.0 Å². The number of esters is 3. The quantitative estimate of drug-likeness (QED) is 0.325. The van der Waals surface area contributed by atoms with Gasteiger partial charge in [0, 0.05) is 26.2 Å². The molecule has 35 heavy (non-hydrogen) atoms. The van der Waals surface area contributed by atoms with Crippen molar-refractivity contribution in [2.45, 2.75) is 95.8 Å². The van der Waals surface area contributed by atoms with Gasteiger partial charge < -0.3 is 33.9 Å². The highest BCUT2D eigenvalue weighted by Crippen LogP contribution is 2.55. The van der Waals surface area contributed by atoms with Crippen molar-refractivity contribution in [1.82, 2.24) is 0 Å². The van der Waals surface area contributed by atoms with E-state index in [1.165, 1.54) is 13.8 Å². The number of carbonyl (C=O) groups is 3. The molecule has 2 saturated carbocycles. The monoisotopic (exact) mass is 496 g/mol. The van der Waals surface area contributed by atoms with Crippen LogP contribution in [0.1, 0.15) is 53.4 Å². The minimum atomic E-state index is -1.51. The molecule has 10 nitrogen and oxygen atoms in total. The predicted octanol–water partition coefficient (Wildman–Crippen LogP) is 1.26. The van der Waals surface area contributed by atoms with E-state index in [1.54, 1.807) is 0 Å². The third-order valence-corrected chi connectivity index (χ3v) is 8.28. The van der Waals surface area contributed by atoms with Gasteiger partial charge in [-0.15, -0.1) is 0 Å². The summed E-state index contributed by atoms with van der Waals surface area (Å²) in [6.07, 6.45) is -3.87. The van der Waals surface area contributed by atoms with Gasteiger partial charge in [0.2, 0.25) is 0 Å². The lowest BCUT2D eigenvalue weighted by Gasteiger charge is -2.45. The number of aliphatic hydroxyl groups excluding tert-OH is 2. The molecular weight excluding hydrogens is 460 g/mol. The second-order valence-electron chi connectivity index (χ2n) is 10.6. The standard InChI is InChI=1S/C25H36O10/c1-11-8-18-16(12(2)23(30)33-18)9-17-15(11)6-7-25(17,5)35-24-22(32-14(4)27)21(29)20(28)19(34-24)10-31-13(3)26/h12,15-22,24,28-29H,1,6-10H2,2-5H3/t12-,15+,16+,17+,18+,19+,20+,21-,22+,24-,25+/m0/s1. The number of aliphatic hydroxyl groups is 2. The summed E-state index contributed by atoms with van der Waals surface area (Å²) in [6.45, 7) is 10.3. The predicted molar refractivity (Wildman–Crippen MR) is 119 cm³/mol. The summed E-state index contributed by atoms with van der Waals surface area (Å²) in [5.74, 6) is -1.43. The van der Waals surface area contributed by atoms with Crippen LogP contribution in [-0.2, 0) is 38.1 Å². The summed E-state index contributed by atoms with van der Waals surface area (Å²) in [5.41, 5.74) is 0.284. The first-order valence-electron chi connectivity index (χ1n) is 12.3. The van der Waals surface area contributed by atoms with Crippen LogP contribution in [0.3, 0.4) is 0 Å². The van der Waals surface area contributed by atoms with Crippen LogP contribution < -0.4 is 0 Å². The number of ether oxygens (including phenoxy) is 5. The molecule has 10 heteroatoms. The van der Waals surface area contributed by atoms with Crippen LogP contribution in [0.25, 0.3) is 0 Å². The van der Waals surface area contributed by atoms with Crippen molar-refractivity contribution in [2.75, 3.05) is 6.61 Å². The lowest BCUT2D eigenvalue weighted by molar-refractivity contribution is -0.331. The van der Waals surface area contributed by atoms with E-state index in [0.717, 1.165) is 12.0 Å². The van der Waals surface area contributed by atoms with E-state index < -0.39 is 48.2 Å². The molecule has 0 bridgehead atoms. The van der Waals surface area contributed by atoms with Crippen LogP contribution in [0.4, 0.5) is 0 Å². The average Bonchev–Trinajstić information content (AvgIpc) is 3.17. The van der Waals surface area contributed by atoms with Gasteiger partial charge in [0.1, 0.15) is 31.0 Å². The Balaban J connectivity index is 1.58. The lowest BCUT2D eigenvalue weighted by atomic mass is 9.77. The zero-order chi connectivity index (χ0) is 25.7. The van der Waals surface area contributed by atoms with E-state index in [9.17, 15) is 24.6 Å². The summed E-state index contributed by atoms with van der Waals surface area (Å²) >= 11 is 0. The van der Waals surface area contributed by atoms with Crippen molar-refractivity contribution >= 4 is 17.9 Å². The molecular formula is C25H36O10. The summed E-state index contributed by atoms with van der Waals surface area (Å²) in [5, 5.41) is 21.3.